The molecular weight excluding hydrogens is 284 g/mol. The number of nitrogens with zero attached hydrogens (tertiary/aromatic N) is 2. The summed E-state index contributed by atoms with van der Waals surface area (Å²) in [5, 5.41) is 18.5. The smallest absolute Gasteiger partial charge is 0.319 e. The lowest BCUT2D eigenvalue weighted by atomic mass is 9.99. The maximum absolute atomic E-state index is 12.0. The highest BCUT2D eigenvalue weighted by atomic mass is 16.4. The third-order valence-electron chi connectivity index (χ3n) is 3.31. The minimum Gasteiger partial charge on any atom is -0.481 e. The topological polar surface area (TPSA) is 96.2 Å². The largest absolute Gasteiger partial charge is 0.481 e. The van der Waals surface area contributed by atoms with E-state index in [-0.39, 0.29) is 12.5 Å². The molecule has 0 unspecified atom stereocenters. The quantitative estimate of drug-likeness (QED) is 0.721. The average molecular weight is 310 g/mol. The van der Waals surface area contributed by atoms with E-state index in [4.69, 9.17) is 5.11 Å². The molecule has 0 atom stereocenters. The van der Waals surface area contributed by atoms with Crippen molar-refractivity contribution in [1.29, 1.82) is 0 Å². The Morgan fingerprint density at radius 2 is 2.05 bits per heavy atom. The number of aromatic nitrogens is 2. The third kappa shape index (κ3) is 5.75. The zero-order valence-corrected chi connectivity index (χ0v) is 13.9. The lowest BCUT2D eigenvalue weighted by Gasteiger charge is -2.25. The molecule has 22 heavy (non-hydrogen) atoms. The van der Waals surface area contributed by atoms with Gasteiger partial charge in [-0.15, -0.1) is 0 Å². The van der Waals surface area contributed by atoms with Crippen molar-refractivity contribution in [3.63, 3.8) is 0 Å². The number of aliphatic carboxylic acids is 1. The molecule has 2 amide bonds. The number of carbonyl (C=O) groups is 2. The van der Waals surface area contributed by atoms with E-state index in [9.17, 15) is 9.59 Å². The molecule has 0 fully saturated rings. The van der Waals surface area contributed by atoms with E-state index in [1.165, 1.54) is 0 Å². The molecule has 1 aromatic heterocycles. The second kappa shape index (κ2) is 7.29. The van der Waals surface area contributed by atoms with E-state index < -0.39 is 11.5 Å². The molecular formula is C15H26N4O3. The highest BCUT2D eigenvalue weighted by molar-refractivity contribution is 5.90. The summed E-state index contributed by atoms with van der Waals surface area (Å²) in [7, 11) is 0. The van der Waals surface area contributed by atoms with Crippen LogP contribution in [0.2, 0.25) is 0 Å². The van der Waals surface area contributed by atoms with Crippen LogP contribution in [0.15, 0.2) is 6.20 Å². The number of carboxylic acid groups (broad SMARTS) is 1. The summed E-state index contributed by atoms with van der Waals surface area (Å²) in [6, 6.07) is -0.359. The average Bonchev–Trinajstić information content (AvgIpc) is 2.68. The van der Waals surface area contributed by atoms with Crippen molar-refractivity contribution in [1.82, 2.24) is 15.1 Å². The number of rotatable bonds is 7. The molecule has 3 N–H and O–H groups in total. The van der Waals surface area contributed by atoms with Gasteiger partial charge in [0.05, 0.1) is 17.6 Å². The van der Waals surface area contributed by atoms with Gasteiger partial charge in [0.25, 0.3) is 0 Å². The van der Waals surface area contributed by atoms with Crippen molar-refractivity contribution < 1.29 is 14.7 Å². The van der Waals surface area contributed by atoms with E-state index in [2.05, 4.69) is 29.6 Å². The zero-order chi connectivity index (χ0) is 16.9. The van der Waals surface area contributed by atoms with E-state index in [0.29, 0.717) is 18.0 Å². The van der Waals surface area contributed by atoms with Crippen LogP contribution < -0.4 is 10.6 Å². The van der Waals surface area contributed by atoms with Gasteiger partial charge in [-0.25, -0.2) is 4.79 Å². The summed E-state index contributed by atoms with van der Waals surface area (Å²) in [5.74, 6) is -0.406. The maximum Gasteiger partial charge on any atom is 0.319 e. The number of hydrogen-bond donors (Lipinski definition) is 3. The van der Waals surface area contributed by atoms with Gasteiger partial charge in [-0.3, -0.25) is 9.48 Å². The Balaban J connectivity index is 2.61. The molecule has 7 heteroatoms. The summed E-state index contributed by atoms with van der Waals surface area (Å²) >= 11 is 0. The molecule has 0 saturated heterocycles. The van der Waals surface area contributed by atoms with E-state index in [0.717, 1.165) is 12.2 Å². The Morgan fingerprint density at radius 3 is 2.59 bits per heavy atom. The van der Waals surface area contributed by atoms with Crippen LogP contribution in [0.3, 0.4) is 0 Å². The van der Waals surface area contributed by atoms with Gasteiger partial charge in [0.1, 0.15) is 0 Å². The highest BCUT2D eigenvalue weighted by Gasteiger charge is 2.22. The van der Waals surface area contributed by atoms with E-state index in [1.807, 2.05) is 11.6 Å². The predicted octanol–water partition coefficient (Wildman–Crippen LogP) is 2.61. The van der Waals surface area contributed by atoms with E-state index in [1.54, 1.807) is 20.0 Å². The summed E-state index contributed by atoms with van der Waals surface area (Å²) in [4.78, 5) is 22.7. The number of anilines is 1. The molecule has 1 aromatic rings. The monoisotopic (exact) mass is 310 g/mol. The van der Waals surface area contributed by atoms with Gasteiger partial charge >= 0.3 is 12.0 Å². The lowest BCUT2D eigenvalue weighted by Crippen LogP contribution is -2.45. The molecule has 1 heterocycles. The van der Waals surface area contributed by atoms with Crippen molar-refractivity contribution in [3.8, 4) is 0 Å². The number of carbonyl (C=O) groups excluding carboxylic acids is 1. The second-order valence-corrected chi connectivity index (χ2v) is 6.58. The van der Waals surface area contributed by atoms with Crippen molar-refractivity contribution in [2.24, 2.45) is 5.92 Å². The van der Waals surface area contributed by atoms with Crippen LogP contribution in [0.4, 0.5) is 10.5 Å². The molecule has 0 radical (unpaired) electrons. The second-order valence-electron chi connectivity index (χ2n) is 6.58. The molecule has 1 rings (SSSR count). The van der Waals surface area contributed by atoms with Gasteiger partial charge in [-0.2, -0.15) is 5.10 Å². The molecule has 0 aliphatic heterocycles. The van der Waals surface area contributed by atoms with Crippen LogP contribution in [-0.2, 0) is 11.3 Å². The van der Waals surface area contributed by atoms with Gasteiger partial charge in [0.15, 0.2) is 0 Å². The summed E-state index contributed by atoms with van der Waals surface area (Å²) in [6.45, 7) is 10.5. The number of carboxylic acids is 1. The van der Waals surface area contributed by atoms with Crippen LogP contribution in [0.5, 0.6) is 0 Å². The summed E-state index contributed by atoms with van der Waals surface area (Å²) in [6.07, 6.45) is 2.00. The Hall–Kier alpha value is -2.05. The minimum atomic E-state index is -0.874. The molecule has 0 aliphatic rings. The fourth-order valence-electron chi connectivity index (χ4n) is 2.04. The van der Waals surface area contributed by atoms with Crippen LogP contribution in [0, 0.1) is 12.8 Å². The minimum absolute atomic E-state index is 0.0125. The standard InChI is InChI=1S/C15H26N4O3/c1-10(2)9-19-11(3)12(8-16-19)17-14(22)18-15(4,5)7-6-13(20)21/h8,10H,6-7,9H2,1-5H3,(H,20,21)(H2,17,18,22). The van der Waals surface area contributed by atoms with Crippen LogP contribution in [-0.4, -0.2) is 32.4 Å². The molecule has 0 aliphatic carbocycles. The highest BCUT2D eigenvalue weighted by Crippen LogP contribution is 2.16. The van der Waals surface area contributed by atoms with E-state index >= 15 is 0 Å². The first-order valence-electron chi connectivity index (χ1n) is 7.44. The summed E-state index contributed by atoms with van der Waals surface area (Å²) in [5.41, 5.74) is 0.962. The van der Waals surface area contributed by atoms with Crippen LogP contribution in [0.25, 0.3) is 0 Å². The van der Waals surface area contributed by atoms with Crippen molar-refractivity contribution in [3.05, 3.63) is 11.9 Å². The number of amides is 2. The van der Waals surface area contributed by atoms with Crippen molar-refractivity contribution >= 4 is 17.7 Å². The van der Waals surface area contributed by atoms with Crippen LogP contribution >= 0.6 is 0 Å². The first kappa shape index (κ1) is 18.0. The van der Waals surface area contributed by atoms with Crippen LogP contribution in [0.1, 0.15) is 46.2 Å². The fourth-order valence-corrected chi connectivity index (χ4v) is 2.04. The first-order valence-corrected chi connectivity index (χ1v) is 7.44. The Kier molecular flexibility index (Phi) is 5.96. The molecule has 0 spiro atoms. The third-order valence-corrected chi connectivity index (χ3v) is 3.31. The SMILES string of the molecule is Cc1c(NC(=O)NC(C)(C)CCC(=O)O)cnn1CC(C)C. The van der Waals surface area contributed by atoms with Gasteiger partial charge in [0.2, 0.25) is 0 Å². The van der Waals surface area contributed by atoms with Gasteiger partial charge < -0.3 is 15.7 Å². The first-order chi connectivity index (χ1) is 10.1. The van der Waals surface area contributed by atoms with Gasteiger partial charge in [-0.05, 0) is 33.1 Å². The Labute approximate surface area is 131 Å². The van der Waals surface area contributed by atoms with Gasteiger partial charge in [0, 0.05) is 18.5 Å². The zero-order valence-electron chi connectivity index (χ0n) is 13.9. The summed E-state index contributed by atoms with van der Waals surface area (Å²) < 4.78 is 1.86. The molecule has 0 saturated carbocycles. The number of urea groups is 1. The fraction of sp³-hybridized carbons (Fsp3) is 0.667. The Bertz CT molecular complexity index is 535. The maximum atomic E-state index is 12.0. The van der Waals surface area contributed by atoms with Crippen molar-refractivity contribution in [2.75, 3.05) is 5.32 Å². The predicted molar refractivity (Wildman–Crippen MR) is 84.9 cm³/mol. The lowest BCUT2D eigenvalue weighted by molar-refractivity contribution is -0.137. The van der Waals surface area contributed by atoms with Gasteiger partial charge in [-0.1, -0.05) is 13.8 Å². The van der Waals surface area contributed by atoms with Crippen molar-refractivity contribution in [2.45, 2.75) is 59.5 Å². The Morgan fingerprint density at radius 1 is 1.41 bits per heavy atom. The molecule has 0 bridgehead atoms. The normalized spacial score (nSPS) is 11.5. The molecule has 0 aromatic carbocycles. The number of hydrogen-bond acceptors (Lipinski definition) is 3. The molecule has 7 nitrogen and oxygen atoms in total. The molecule has 124 valence electrons. The number of nitrogens with one attached hydrogen (secondary N) is 2.